The average molecular weight is 394 g/mol. The molecule has 0 unspecified atom stereocenters. The van der Waals surface area contributed by atoms with Crippen LogP contribution in [0.4, 0.5) is 0 Å². The molecule has 1 radical (unpaired) electrons. The topological polar surface area (TPSA) is 25.4 Å². The molecule has 3 aromatic rings. The molecule has 0 saturated carbocycles. The fourth-order valence-electron chi connectivity index (χ4n) is 3.05. The van der Waals surface area contributed by atoms with Crippen molar-refractivity contribution in [3.05, 3.63) is 94.3 Å². The van der Waals surface area contributed by atoms with E-state index in [0.717, 1.165) is 28.9 Å². The Kier molecular flexibility index (Phi) is 5.37. The fraction of sp³-hybridized carbons (Fsp3) is 0.0909. The summed E-state index contributed by atoms with van der Waals surface area (Å²) in [5.41, 5.74) is 5.61. The minimum atomic E-state index is 0.601. The molecule has 0 N–H and O–H groups in total. The molecular formula is C22H18ClN2OS. The number of nitrogens with zero attached hydrogens (tertiary/aromatic N) is 2. The number of hydrogen-bond donors (Lipinski definition) is 0. The van der Waals surface area contributed by atoms with E-state index in [1.165, 1.54) is 5.56 Å². The van der Waals surface area contributed by atoms with E-state index in [9.17, 15) is 0 Å². The molecule has 0 atom stereocenters. The van der Waals surface area contributed by atoms with Crippen LogP contribution in [0, 0.1) is 5.88 Å². The number of pyridine rings is 1. The zero-order valence-electron chi connectivity index (χ0n) is 14.8. The number of halogens is 1. The third kappa shape index (κ3) is 3.97. The molecule has 0 saturated heterocycles. The number of thioether (sulfide) groups is 1. The molecule has 0 bridgehead atoms. The van der Waals surface area contributed by atoms with Gasteiger partial charge in [-0.2, -0.15) is 0 Å². The van der Waals surface area contributed by atoms with E-state index in [0.29, 0.717) is 10.9 Å². The van der Waals surface area contributed by atoms with Gasteiger partial charge in [-0.05, 0) is 34.7 Å². The van der Waals surface area contributed by atoms with Gasteiger partial charge in [-0.25, -0.2) is 4.98 Å². The third-order valence-electron chi connectivity index (χ3n) is 4.39. The molecule has 0 fully saturated rings. The van der Waals surface area contributed by atoms with Crippen LogP contribution in [0.5, 0.6) is 5.88 Å². The molecule has 0 aliphatic carbocycles. The highest BCUT2D eigenvalue weighted by Crippen LogP contribution is 2.40. The van der Waals surface area contributed by atoms with Gasteiger partial charge in [0.1, 0.15) is 5.88 Å². The second-order valence-corrected chi connectivity index (χ2v) is 7.29. The summed E-state index contributed by atoms with van der Waals surface area (Å²) in [5, 5.41) is 2.88. The van der Waals surface area contributed by atoms with Gasteiger partial charge in [-0.15, -0.1) is 11.8 Å². The van der Waals surface area contributed by atoms with Gasteiger partial charge in [-0.1, -0.05) is 48.0 Å². The highest BCUT2D eigenvalue weighted by atomic mass is 35.5. The SMILES string of the molecule is COc1ccc(-c2ccc(Cl)cc2C2=CS[CH]N2Cc2ccccc2)cn1. The van der Waals surface area contributed by atoms with Crippen LogP contribution in [0.15, 0.2) is 72.3 Å². The summed E-state index contributed by atoms with van der Waals surface area (Å²) in [4.78, 5) is 6.61. The third-order valence-corrected chi connectivity index (χ3v) is 5.36. The van der Waals surface area contributed by atoms with E-state index in [2.05, 4.69) is 45.4 Å². The quantitative estimate of drug-likeness (QED) is 0.524. The lowest BCUT2D eigenvalue weighted by Crippen LogP contribution is -2.15. The molecule has 2 aromatic carbocycles. The maximum atomic E-state index is 6.34. The summed E-state index contributed by atoms with van der Waals surface area (Å²) in [6, 6.07) is 20.3. The van der Waals surface area contributed by atoms with Gasteiger partial charge in [-0.3, -0.25) is 0 Å². The van der Waals surface area contributed by atoms with Crippen molar-refractivity contribution in [1.29, 1.82) is 0 Å². The zero-order chi connectivity index (χ0) is 18.6. The predicted octanol–water partition coefficient (Wildman–Crippen LogP) is 6.08. The number of hydrogen-bond acceptors (Lipinski definition) is 4. The van der Waals surface area contributed by atoms with Crippen molar-refractivity contribution in [2.75, 3.05) is 7.11 Å². The summed E-state index contributed by atoms with van der Waals surface area (Å²) >= 11 is 8.02. The van der Waals surface area contributed by atoms with Crippen molar-refractivity contribution in [2.45, 2.75) is 6.54 Å². The smallest absolute Gasteiger partial charge is 0.212 e. The molecule has 0 spiro atoms. The molecule has 2 heterocycles. The second-order valence-electron chi connectivity index (χ2n) is 6.14. The first-order valence-corrected chi connectivity index (χ1v) is 9.86. The fourth-order valence-corrected chi connectivity index (χ4v) is 4.01. The average Bonchev–Trinajstić information content (AvgIpc) is 3.17. The summed E-state index contributed by atoms with van der Waals surface area (Å²) in [7, 11) is 1.62. The van der Waals surface area contributed by atoms with Gasteiger partial charge >= 0.3 is 0 Å². The van der Waals surface area contributed by atoms with Crippen LogP contribution in [-0.4, -0.2) is 17.0 Å². The van der Waals surface area contributed by atoms with E-state index < -0.39 is 0 Å². The van der Waals surface area contributed by atoms with Crippen LogP contribution in [0.3, 0.4) is 0 Å². The second kappa shape index (κ2) is 8.07. The Labute approximate surface area is 168 Å². The van der Waals surface area contributed by atoms with Crippen LogP contribution in [-0.2, 0) is 6.54 Å². The molecule has 1 aliphatic rings. The molecule has 1 aliphatic heterocycles. The van der Waals surface area contributed by atoms with Crippen molar-refractivity contribution < 1.29 is 4.74 Å². The molecule has 4 rings (SSSR count). The van der Waals surface area contributed by atoms with Gasteiger partial charge in [0.05, 0.1) is 12.8 Å². The van der Waals surface area contributed by atoms with Crippen LogP contribution >= 0.6 is 23.4 Å². The van der Waals surface area contributed by atoms with Crippen LogP contribution in [0.1, 0.15) is 11.1 Å². The first-order chi connectivity index (χ1) is 13.2. The van der Waals surface area contributed by atoms with Crippen molar-refractivity contribution in [1.82, 2.24) is 9.88 Å². The van der Waals surface area contributed by atoms with Crippen molar-refractivity contribution in [2.24, 2.45) is 0 Å². The van der Waals surface area contributed by atoms with E-state index >= 15 is 0 Å². The molecule has 27 heavy (non-hydrogen) atoms. The molecule has 1 aromatic heterocycles. The Hall–Kier alpha value is -2.43. The minimum Gasteiger partial charge on any atom is -0.481 e. The first-order valence-electron chi connectivity index (χ1n) is 8.54. The Morgan fingerprint density at radius 2 is 1.89 bits per heavy atom. The zero-order valence-corrected chi connectivity index (χ0v) is 16.4. The standard InChI is InChI=1S/C22H18ClN2OS/c1-26-22-10-7-17(12-24-22)19-9-8-18(23)11-20(19)21-14-27-15-25(21)13-16-5-3-2-4-6-16/h2-12,14-15H,13H2,1H3. The van der Waals surface area contributed by atoms with E-state index in [-0.39, 0.29) is 0 Å². The maximum Gasteiger partial charge on any atom is 0.212 e. The van der Waals surface area contributed by atoms with E-state index in [1.54, 1.807) is 18.9 Å². The lowest BCUT2D eigenvalue weighted by Gasteiger charge is -2.23. The van der Waals surface area contributed by atoms with Gasteiger partial charge in [0.15, 0.2) is 0 Å². The molecule has 5 heteroatoms. The minimum absolute atomic E-state index is 0.601. The van der Waals surface area contributed by atoms with Gasteiger partial charge < -0.3 is 9.64 Å². The molecule has 3 nitrogen and oxygen atoms in total. The molecular weight excluding hydrogens is 376 g/mol. The van der Waals surface area contributed by atoms with Gasteiger partial charge in [0.25, 0.3) is 0 Å². The van der Waals surface area contributed by atoms with Crippen molar-refractivity contribution >= 4 is 29.1 Å². The Balaban J connectivity index is 1.70. The number of rotatable bonds is 5. The summed E-state index contributed by atoms with van der Waals surface area (Å²) in [6.45, 7) is 0.812. The lowest BCUT2D eigenvalue weighted by atomic mass is 9.98. The first kappa shape index (κ1) is 18.0. The highest BCUT2D eigenvalue weighted by molar-refractivity contribution is 8.04. The number of ether oxygens (including phenoxy) is 1. The highest BCUT2D eigenvalue weighted by Gasteiger charge is 2.21. The molecule has 135 valence electrons. The number of aromatic nitrogens is 1. The summed E-state index contributed by atoms with van der Waals surface area (Å²) in [5.74, 6) is 2.74. The monoisotopic (exact) mass is 393 g/mol. The summed E-state index contributed by atoms with van der Waals surface area (Å²) < 4.78 is 5.18. The number of benzene rings is 2. The Morgan fingerprint density at radius 1 is 1.04 bits per heavy atom. The normalized spacial score (nSPS) is 13.6. The Bertz CT molecular complexity index is 958. The largest absolute Gasteiger partial charge is 0.481 e. The number of methoxy groups -OCH3 is 1. The van der Waals surface area contributed by atoms with E-state index in [4.69, 9.17) is 16.3 Å². The van der Waals surface area contributed by atoms with Gasteiger partial charge in [0.2, 0.25) is 5.88 Å². The van der Waals surface area contributed by atoms with Crippen molar-refractivity contribution in [3.63, 3.8) is 0 Å². The van der Waals surface area contributed by atoms with Gasteiger partial charge in [0, 0.05) is 35.0 Å². The molecule has 0 amide bonds. The van der Waals surface area contributed by atoms with Crippen LogP contribution in [0.2, 0.25) is 5.02 Å². The maximum absolute atomic E-state index is 6.34. The predicted molar refractivity (Wildman–Crippen MR) is 113 cm³/mol. The van der Waals surface area contributed by atoms with Crippen molar-refractivity contribution in [3.8, 4) is 17.0 Å². The lowest BCUT2D eigenvalue weighted by molar-refractivity contribution is 0.398. The van der Waals surface area contributed by atoms with Crippen LogP contribution < -0.4 is 4.74 Å². The summed E-state index contributed by atoms with van der Waals surface area (Å²) in [6.07, 6.45) is 1.83. The van der Waals surface area contributed by atoms with Crippen LogP contribution in [0.25, 0.3) is 16.8 Å². The Morgan fingerprint density at radius 3 is 2.63 bits per heavy atom. The van der Waals surface area contributed by atoms with E-state index in [1.807, 2.05) is 42.6 Å².